The lowest BCUT2D eigenvalue weighted by Crippen LogP contribution is -2.52. The molecule has 39 heavy (non-hydrogen) atoms. The third kappa shape index (κ3) is 5.05. The average molecular weight is 529 g/mol. The van der Waals surface area contributed by atoms with Gasteiger partial charge in [0.05, 0.1) is 23.0 Å². The Balaban J connectivity index is 1.13. The van der Waals surface area contributed by atoms with Crippen molar-refractivity contribution >= 4 is 17.7 Å². The number of imide groups is 1. The second-order valence-electron chi connectivity index (χ2n) is 10.2. The lowest BCUT2D eigenvalue weighted by Gasteiger charge is -2.39. The van der Waals surface area contributed by atoms with Gasteiger partial charge in [-0.15, -0.1) is 0 Å². The number of hydrogen-bond donors (Lipinski definition) is 1. The van der Waals surface area contributed by atoms with Crippen LogP contribution in [0.4, 0.5) is 4.39 Å². The van der Waals surface area contributed by atoms with Crippen LogP contribution >= 0.6 is 0 Å². The summed E-state index contributed by atoms with van der Waals surface area (Å²) in [5.74, 6) is -1.90. The summed E-state index contributed by atoms with van der Waals surface area (Å²) in [4.78, 5) is 52.1. The summed E-state index contributed by atoms with van der Waals surface area (Å²) in [5, 5.41) is 2.28. The number of rotatable bonds is 6. The van der Waals surface area contributed by atoms with E-state index in [1.807, 2.05) is 42.5 Å². The fourth-order valence-corrected chi connectivity index (χ4v) is 5.85. The minimum atomic E-state index is -0.760. The van der Waals surface area contributed by atoms with Crippen LogP contribution in [0.25, 0.3) is 0 Å². The maximum Gasteiger partial charge on any atom is 0.258 e. The first kappa shape index (κ1) is 25.3. The molecule has 0 radical (unpaired) electrons. The Morgan fingerprint density at radius 3 is 2.26 bits per heavy atom. The number of carbonyl (C=O) groups is 3. The van der Waals surface area contributed by atoms with Crippen molar-refractivity contribution < 1.29 is 18.8 Å². The molecule has 2 saturated heterocycles. The molecule has 2 fully saturated rings. The van der Waals surface area contributed by atoms with Gasteiger partial charge in [-0.3, -0.25) is 39.5 Å². The molecule has 3 aromatic rings. The van der Waals surface area contributed by atoms with Gasteiger partial charge in [-0.25, -0.2) is 4.39 Å². The van der Waals surface area contributed by atoms with Crippen molar-refractivity contribution in [2.24, 2.45) is 0 Å². The minimum absolute atomic E-state index is 0.0295. The SMILES string of the molecule is O=C1CCC(N2Cc3cc(CN4CCN(C(c5ccccn5)c5ccccn5)CC4)cc(F)c3C2=O)C(=O)N1. The third-order valence-electron chi connectivity index (χ3n) is 7.75. The number of fused-ring (bicyclic) bond motifs is 1. The predicted molar refractivity (Wildman–Crippen MR) is 140 cm³/mol. The molecule has 0 saturated carbocycles. The number of piperidine rings is 1. The number of piperazine rings is 1. The highest BCUT2D eigenvalue weighted by molar-refractivity contribution is 6.05. The molecule has 3 aliphatic rings. The van der Waals surface area contributed by atoms with Crippen molar-refractivity contribution in [3.8, 4) is 0 Å². The molecule has 3 amide bonds. The van der Waals surface area contributed by atoms with Gasteiger partial charge < -0.3 is 4.90 Å². The lowest BCUT2D eigenvalue weighted by molar-refractivity contribution is -0.136. The number of benzene rings is 1. The zero-order valence-corrected chi connectivity index (χ0v) is 21.4. The fraction of sp³-hybridized carbons (Fsp3) is 0.345. The van der Waals surface area contributed by atoms with Crippen LogP contribution in [0, 0.1) is 5.82 Å². The van der Waals surface area contributed by atoms with Crippen molar-refractivity contribution in [3.63, 3.8) is 0 Å². The van der Waals surface area contributed by atoms with E-state index in [4.69, 9.17) is 0 Å². The second kappa shape index (κ2) is 10.6. The average Bonchev–Trinajstić information content (AvgIpc) is 3.27. The topological polar surface area (TPSA) is 98.7 Å². The summed E-state index contributed by atoms with van der Waals surface area (Å²) in [7, 11) is 0. The standard InChI is InChI=1S/C29H29FN6O3/c30-21-16-19(15-20-18-36(29(39)26(20)21)24-7-8-25(37)33-28(24)38)17-34-11-13-35(14-12-34)27(22-5-1-3-9-31-22)23-6-2-4-10-32-23/h1-6,9-10,15-16,24,27H,7-8,11-14,17-18H2,(H,33,37,38). The van der Waals surface area contributed by atoms with Crippen LogP contribution in [0.15, 0.2) is 60.9 Å². The summed E-state index contributed by atoms with van der Waals surface area (Å²) in [6.45, 7) is 3.89. The minimum Gasteiger partial charge on any atom is -0.322 e. The van der Waals surface area contributed by atoms with Crippen LogP contribution in [0.1, 0.15) is 51.8 Å². The number of pyridine rings is 2. The molecule has 0 aliphatic carbocycles. The van der Waals surface area contributed by atoms with E-state index in [0.29, 0.717) is 12.1 Å². The summed E-state index contributed by atoms with van der Waals surface area (Å²) >= 11 is 0. The lowest BCUT2D eigenvalue weighted by atomic mass is 10.0. The Kier molecular flexibility index (Phi) is 6.88. The molecule has 6 rings (SSSR count). The molecular formula is C29H29FN6O3. The number of halogens is 1. The Morgan fingerprint density at radius 2 is 1.64 bits per heavy atom. The number of nitrogens with one attached hydrogen (secondary N) is 1. The highest BCUT2D eigenvalue weighted by atomic mass is 19.1. The highest BCUT2D eigenvalue weighted by Gasteiger charge is 2.40. The molecule has 1 atom stereocenters. The number of carbonyl (C=O) groups excluding carboxylic acids is 3. The first-order valence-corrected chi connectivity index (χ1v) is 13.2. The third-order valence-corrected chi connectivity index (χ3v) is 7.75. The van der Waals surface area contributed by atoms with Gasteiger partial charge in [-0.2, -0.15) is 0 Å². The zero-order valence-electron chi connectivity index (χ0n) is 21.4. The largest absolute Gasteiger partial charge is 0.322 e. The van der Waals surface area contributed by atoms with E-state index >= 15 is 4.39 Å². The van der Waals surface area contributed by atoms with Crippen molar-refractivity contribution in [2.75, 3.05) is 26.2 Å². The smallest absolute Gasteiger partial charge is 0.258 e. The van der Waals surface area contributed by atoms with Crippen LogP contribution in [0.3, 0.4) is 0 Å². The van der Waals surface area contributed by atoms with E-state index in [-0.39, 0.29) is 36.9 Å². The predicted octanol–water partition coefficient (Wildman–Crippen LogP) is 2.28. The van der Waals surface area contributed by atoms with E-state index in [1.54, 1.807) is 12.4 Å². The fourth-order valence-electron chi connectivity index (χ4n) is 5.85. The molecule has 0 bridgehead atoms. The quantitative estimate of drug-likeness (QED) is 0.490. The number of nitrogens with zero attached hydrogens (tertiary/aromatic N) is 5. The molecule has 5 heterocycles. The summed E-state index contributed by atoms with van der Waals surface area (Å²) in [6, 6.07) is 14.3. The summed E-state index contributed by atoms with van der Waals surface area (Å²) in [5.41, 5.74) is 3.32. The molecule has 1 unspecified atom stereocenters. The van der Waals surface area contributed by atoms with E-state index in [1.165, 1.54) is 11.0 Å². The highest BCUT2D eigenvalue weighted by Crippen LogP contribution is 2.31. The Morgan fingerprint density at radius 1 is 0.949 bits per heavy atom. The molecule has 1 aromatic carbocycles. The number of hydrogen-bond acceptors (Lipinski definition) is 7. The van der Waals surface area contributed by atoms with Gasteiger partial charge in [0.25, 0.3) is 5.91 Å². The van der Waals surface area contributed by atoms with Crippen molar-refractivity contribution in [3.05, 3.63) is 94.8 Å². The van der Waals surface area contributed by atoms with Gasteiger partial charge in [0, 0.05) is 58.1 Å². The Labute approximate surface area is 225 Å². The summed E-state index contributed by atoms with van der Waals surface area (Å²) < 4.78 is 15.2. The number of amides is 3. The molecular weight excluding hydrogens is 499 g/mol. The van der Waals surface area contributed by atoms with Crippen LogP contribution < -0.4 is 5.32 Å². The van der Waals surface area contributed by atoms with Crippen molar-refractivity contribution in [1.29, 1.82) is 0 Å². The molecule has 2 aromatic heterocycles. The normalized spacial score (nSPS) is 20.4. The molecule has 1 N–H and O–H groups in total. The maximum absolute atomic E-state index is 15.2. The van der Waals surface area contributed by atoms with E-state index < -0.39 is 23.7 Å². The van der Waals surface area contributed by atoms with Gasteiger partial charge in [0.15, 0.2) is 0 Å². The second-order valence-corrected chi connectivity index (χ2v) is 10.2. The molecule has 9 nitrogen and oxygen atoms in total. The van der Waals surface area contributed by atoms with Gasteiger partial charge in [0.2, 0.25) is 11.8 Å². The van der Waals surface area contributed by atoms with Crippen LogP contribution in [-0.4, -0.2) is 74.6 Å². The first-order valence-electron chi connectivity index (χ1n) is 13.2. The monoisotopic (exact) mass is 528 g/mol. The molecule has 0 spiro atoms. The van der Waals surface area contributed by atoms with Crippen LogP contribution in [0.5, 0.6) is 0 Å². The Bertz CT molecular complexity index is 1360. The zero-order chi connectivity index (χ0) is 26.9. The van der Waals surface area contributed by atoms with Crippen LogP contribution in [-0.2, 0) is 22.7 Å². The molecule has 200 valence electrons. The van der Waals surface area contributed by atoms with Gasteiger partial charge in [-0.05, 0) is 47.9 Å². The van der Waals surface area contributed by atoms with Gasteiger partial charge in [-0.1, -0.05) is 18.2 Å². The maximum atomic E-state index is 15.2. The van der Waals surface area contributed by atoms with E-state index in [0.717, 1.165) is 43.1 Å². The first-order chi connectivity index (χ1) is 19.0. The van der Waals surface area contributed by atoms with Gasteiger partial charge in [0.1, 0.15) is 11.9 Å². The van der Waals surface area contributed by atoms with Gasteiger partial charge >= 0.3 is 0 Å². The molecule has 10 heteroatoms. The molecule has 3 aliphatic heterocycles. The van der Waals surface area contributed by atoms with Crippen molar-refractivity contribution in [2.45, 2.75) is 38.0 Å². The van der Waals surface area contributed by atoms with E-state index in [9.17, 15) is 14.4 Å². The summed E-state index contributed by atoms with van der Waals surface area (Å²) in [6.07, 6.45) is 4.02. The van der Waals surface area contributed by atoms with Crippen molar-refractivity contribution in [1.82, 2.24) is 30.0 Å². The Hall–Kier alpha value is -4.02. The number of aromatic nitrogens is 2. The van der Waals surface area contributed by atoms with Crippen LogP contribution in [0.2, 0.25) is 0 Å². The van der Waals surface area contributed by atoms with E-state index in [2.05, 4.69) is 25.1 Å².